The van der Waals surface area contributed by atoms with Gasteiger partial charge in [0, 0.05) is 48.3 Å². The molecule has 5 atom stereocenters. The fraction of sp³-hybridized carbons (Fsp3) is 0.516. The van der Waals surface area contributed by atoms with Gasteiger partial charge in [0.1, 0.15) is 17.5 Å². The Labute approximate surface area is 221 Å². The van der Waals surface area contributed by atoms with Gasteiger partial charge in [-0.25, -0.2) is 4.39 Å². The van der Waals surface area contributed by atoms with Crippen molar-refractivity contribution in [2.75, 3.05) is 20.1 Å². The Morgan fingerprint density at radius 1 is 1.18 bits per heavy atom. The number of hydrogen-bond donors (Lipinski definition) is 2. The molecule has 4 bridgehead atoms. The number of likely N-dealkylation sites (N-methyl/N-ethyl adjacent to an activating group) is 1. The van der Waals surface area contributed by atoms with E-state index in [2.05, 4.69) is 11.0 Å². The molecule has 1 amide bonds. The summed E-state index contributed by atoms with van der Waals surface area (Å²) in [5.74, 6) is 0.708. The lowest BCUT2D eigenvalue weighted by atomic mass is 9.38. The maximum absolute atomic E-state index is 14.4. The van der Waals surface area contributed by atoms with Crippen LogP contribution in [0.2, 0.25) is 0 Å². The maximum Gasteiger partial charge on any atom is 0.252 e. The van der Waals surface area contributed by atoms with Gasteiger partial charge in [0.2, 0.25) is 0 Å². The number of ether oxygens (including phenoxy) is 1. The van der Waals surface area contributed by atoms with Gasteiger partial charge in [-0.2, -0.15) is 0 Å². The normalized spacial score (nSPS) is 35.9. The fourth-order valence-electron chi connectivity index (χ4n) is 8.96. The number of piperidine rings is 1. The van der Waals surface area contributed by atoms with Crippen molar-refractivity contribution in [3.05, 3.63) is 70.6 Å². The zero-order valence-corrected chi connectivity index (χ0v) is 21.6. The van der Waals surface area contributed by atoms with Crippen LogP contribution in [0.15, 0.2) is 48.0 Å². The molecular weight excluding hydrogens is 483 g/mol. The molecule has 3 fully saturated rings. The monoisotopic (exact) mass is 516 g/mol. The van der Waals surface area contributed by atoms with Gasteiger partial charge in [-0.1, -0.05) is 30.3 Å². The van der Waals surface area contributed by atoms with Gasteiger partial charge < -0.3 is 19.8 Å². The van der Waals surface area contributed by atoms with Crippen LogP contribution in [-0.4, -0.2) is 63.8 Å². The molecule has 2 aromatic rings. The van der Waals surface area contributed by atoms with E-state index in [1.807, 2.05) is 6.07 Å². The summed E-state index contributed by atoms with van der Waals surface area (Å²) in [6.07, 6.45) is 6.92. The summed E-state index contributed by atoms with van der Waals surface area (Å²) in [4.78, 5) is 18.2. The van der Waals surface area contributed by atoms with Gasteiger partial charge in [-0.3, -0.25) is 9.69 Å². The van der Waals surface area contributed by atoms with Crippen LogP contribution in [0.5, 0.6) is 11.5 Å². The molecule has 2 heterocycles. The van der Waals surface area contributed by atoms with E-state index in [1.165, 1.54) is 29.4 Å². The zero-order valence-electron chi connectivity index (χ0n) is 21.6. The van der Waals surface area contributed by atoms with E-state index in [9.17, 15) is 19.4 Å². The average Bonchev–Trinajstić information content (AvgIpc) is 3.65. The summed E-state index contributed by atoms with van der Waals surface area (Å²) in [6, 6.07) is 10.4. The highest BCUT2D eigenvalue weighted by Crippen LogP contribution is 2.74. The number of carbonyl (C=O) groups is 1. The van der Waals surface area contributed by atoms with Crippen LogP contribution < -0.4 is 4.74 Å². The number of benzene rings is 2. The molecule has 2 N–H and O–H groups in total. The first kappa shape index (κ1) is 23.0. The Balaban J connectivity index is 1.27. The third kappa shape index (κ3) is 2.67. The average molecular weight is 517 g/mol. The molecule has 0 unspecified atom stereocenters. The minimum Gasteiger partial charge on any atom is -0.504 e. The Morgan fingerprint density at radius 2 is 2.00 bits per heavy atom. The SMILES string of the molecule is CN(Cc1ccccc1F)C(=O)C1=C[C@@]23CC[C@]1(O)[C@@H]1Oc4c(O)ccc5c4[C@@]12CCN(CC1CC1)[C@@H]3C5. The predicted molar refractivity (Wildman–Crippen MR) is 138 cm³/mol. The number of phenolic OH excluding ortho intramolecular Hbond substituents is 1. The van der Waals surface area contributed by atoms with Crippen LogP contribution in [0.3, 0.4) is 0 Å². The number of amides is 1. The number of nitrogens with zero attached hydrogens (tertiary/aromatic N) is 2. The number of phenols is 1. The van der Waals surface area contributed by atoms with E-state index in [-0.39, 0.29) is 35.5 Å². The lowest BCUT2D eigenvalue weighted by molar-refractivity contribution is -0.188. The lowest BCUT2D eigenvalue weighted by Gasteiger charge is -2.70. The van der Waals surface area contributed by atoms with Gasteiger partial charge in [-0.05, 0) is 68.7 Å². The minimum absolute atomic E-state index is 0.106. The van der Waals surface area contributed by atoms with Crippen molar-refractivity contribution >= 4 is 5.91 Å². The molecule has 9 rings (SSSR count). The number of aromatic hydroxyl groups is 1. The lowest BCUT2D eigenvalue weighted by Crippen LogP contribution is -2.78. The number of carbonyl (C=O) groups excluding carboxylic acids is 1. The molecule has 2 aliphatic heterocycles. The Kier molecular flexibility index (Phi) is 4.48. The highest BCUT2D eigenvalue weighted by atomic mass is 19.1. The van der Waals surface area contributed by atoms with Gasteiger partial charge >= 0.3 is 0 Å². The molecule has 2 saturated carbocycles. The summed E-state index contributed by atoms with van der Waals surface area (Å²) in [5.41, 5.74) is 0.751. The van der Waals surface area contributed by atoms with E-state index in [4.69, 9.17) is 4.74 Å². The van der Waals surface area contributed by atoms with Crippen molar-refractivity contribution in [3.63, 3.8) is 0 Å². The predicted octanol–water partition coefficient (Wildman–Crippen LogP) is 3.68. The van der Waals surface area contributed by atoms with Crippen LogP contribution in [0.4, 0.5) is 4.39 Å². The first-order valence-corrected chi connectivity index (χ1v) is 14.0. The van der Waals surface area contributed by atoms with Gasteiger partial charge in [-0.15, -0.1) is 0 Å². The maximum atomic E-state index is 14.4. The zero-order chi connectivity index (χ0) is 26.0. The third-order valence-electron chi connectivity index (χ3n) is 10.8. The number of fused-ring (bicyclic) bond motifs is 1. The standard InChI is InChI=1S/C31H33FN2O4/c1-33(17-20-4-2-3-5-22(20)32)27(36)21-15-29-10-11-31(21,37)28-30(29)12-13-34(16-18-6-7-18)24(29)14-19-8-9-23(35)26(38-28)25(19)30/h2-5,8-9,15,18,24,28,35,37H,6-7,10-14,16-17H2,1H3/t24-,28-,29-,30+,31-/m1/s1. The molecule has 1 saturated heterocycles. The summed E-state index contributed by atoms with van der Waals surface area (Å²) in [5, 5.41) is 23.3. The van der Waals surface area contributed by atoms with Crippen molar-refractivity contribution in [1.82, 2.24) is 9.80 Å². The van der Waals surface area contributed by atoms with Crippen molar-refractivity contribution in [2.45, 2.75) is 68.2 Å². The van der Waals surface area contributed by atoms with E-state index < -0.39 is 17.1 Å². The van der Waals surface area contributed by atoms with Crippen LogP contribution >= 0.6 is 0 Å². The van der Waals surface area contributed by atoms with E-state index in [1.54, 1.807) is 31.3 Å². The molecule has 2 spiro atoms. The molecule has 6 nitrogen and oxygen atoms in total. The topological polar surface area (TPSA) is 73.2 Å². The quantitative estimate of drug-likeness (QED) is 0.635. The summed E-state index contributed by atoms with van der Waals surface area (Å²) < 4.78 is 21.0. The van der Waals surface area contributed by atoms with Crippen molar-refractivity contribution in [3.8, 4) is 11.5 Å². The Hall–Kier alpha value is -2.90. The van der Waals surface area contributed by atoms with Crippen molar-refractivity contribution in [2.24, 2.45) is 11.3 Å². The van der Waals surface area contributed by atoms with Crippen LogP contribution in [0.1, 0.15) is 48.8 Å². The van der Waals surface area contributed by atoms with Crippen LogP contribution in [0, 0.1) is 17.2 Å². The Bertz CT molecular complexity index is 1420. The van der Waals surface area contributed by atoms with Crippen LogP contribution in [-0.2, 0) is 23.2 Å². The number of likely N-dealkylation sites (tertiary alicyclic amines) is 1. The van der Waals surface area contributed by atoms with Gasteiger partial charge in [0.15, 0.2) is 11.5 Å². The highest BCUT2D eigenvalue weighted by Gasteiger charge is 2.78. The molecule has 7 aliphatic rings. The second-order valence-corrected chi connectivity index (χ2v) is 12.6. The molecule has 7 heteroatoms. The minimum atomic E-state index is -1.48. The first-order chi connectivity index (χ1) is 18.3. The second-order valence-electron chi connectivity index (χ2n) is 12.6. The fourth-order valence-corrected chi connectivity index (χ4v) is 8.96. The molecule has 0 aromatic heterocycles. The van der Waals surface area contributed by atoms with Gasteiger partial charge in [0.25, 0.3) is 5.91 Å². The van der Waals surface area contributed by atoms with E-state index in [0.29, 0.717) is 23.3 Å². The second kappa shape index (κ2) is 7.39. The number of aliphatic hydroxyl groups is 1. The molecule has 2 aromatic carbocycles. The van der Waals surface area contributed by atoms with E-state index in [0.717, 1.165) is 43.8 Å². The molecule has 198 valence electrons. The molecule has 0 radical (unpaired) electrons. The summed E-state index contributed by atoms with van der Waals surface area (Å²) >= 11 is 0. The number of rotatable bonds is 5. The molecular formula is C31H33FN2O4. The largest absolute Gasteiger partial charge is 0.504 e. The molecule has 5 aliphatic carbocycles. The third-order valence-corrected chi connectivity index (χ3v) is 10.8. The number of halogens is 1. The van der Waals surface area contributed by atoms with Crippen molar-refractivity contribution in [1.29, 1.82) is 0 Å². The van der Waals surface area contributed by atoms with Crippen LogP contribution in [0.25, 0.3) is 0 Å². The van der Waals surface area contributed by atoms with Crippen molar-refractivity contribution < 1.29 is 24.1 Å². The smallest absolute Gasteiger partial charge is 0.252 e. The molecule has 38 heavy (non-hydrogen) atoms. The first-order valence-electron chi connectivity index (χ1n) is 14.0. The Morgan fingerprint density at radius 3 is 2.79 bits per heavy atom. The highest BCUT2D eigenvalue weighted by molar-refractivity contribution is 5.97. The van der Waals surface area contributed by atoms with Gasteiger partial charge in [0.05, 0.1) is 5.41 Å². The number of hydrogen-bond acceptors (Lipinski definition) is 5. The summed E-state index contributed by atoms with van der Waals surface area (Å²) in [7, 11) is 1.67. The summed E-state index contributed by atoms with van der Waals surface area (Å²) in [6.45, 7) is 2.12. The van der Waals surface area contributed by atoms with E-state index >= 15 is 0 Å².